The van der Waals surface area contributed by atoms with E-state index in [0.717, 1.165) is 21.6 Å². The van der Waals surface area contributed by atoms with Gasteiger partial charge >= 0.3 is 12.1 Å². The van der Waals surface area contributed by atoms with Crippen molar-refractivity contribution in [2.45, 2.75) is 55.6 Å². The van der Waals surface area contributed by atoms with E-state index in [-0.39, 0.29) is 54.7 Å². The van der Waals surface area contributed by atoms with Crippen LogP contribution in [0.3, 0.4) is 0 Å². The van der Waals surface area contributed by atoms with E-state index in [1.54, 1.807) is 53.1 Å². The van der Waals surface area contributed by atoms with Crippen molar-refractivity contribution >= 4 is 40.9 Å². The Bertz CT molecular complexity index is 2230. The van der Waals surface area contributed by atoms with Crippen LogP contribution in [0.5, 0.6) is 17.2 Å². The fourth-order valence-corrected chi connectivity index (χ4v) is 7.89. The number of carbonyl (C=O) groups excluding carboxylic acids is 3. The molecule has 296 valence electrons. The molecule has 2 saturated heterocycles. The summed E-state index contributed by atoms with van der Waals surface area (Å²) in [5.41, 5.74) is 3.22. The summed E-state index contributed by atoms with van der Waals surface area (Å²) in [4.78, 5) is 55.3. The number of nitrogens with one attached hydrogen (secondary N) is 4. The van der Waals surface area contributed by atoms with Crippen LogP contribution in [0.25, 0.3) is 11.2 Å². The SMILES string of the molecule is O=C(NCc1cccc(O)c1)NC1CCN(c2nc(NCC(c3ccc(O)cc3)c3ccc(O)cc3)c3ncn([C@@H]4C[C@H](N5C(=O)CNC5=O)[C@@H](O)[C@H]4O)c3n2)C1. The number of aliphatic hydroxyl groups is 2. The summed E-state index contributed by atoms with van der Waals surface area (Å²) < 4.78 is 1.64. The van der Waals surface area contributed by atoms with E-state index in [1.165, 1.54) is 6.33 Å². The molecule has 2 aromatic heterocycles. The van der Waals surface area contributed by atoms with E-state index in [2.05, 4.69) is 26.3 Å². The highest BCUT2D eigenvalue weighted by molar-refractivity contribution is 6.02. The first-order chi connectivity index (χ1) is 27.5. The minimum absolute atomic E-state index is 0.0479. The number of hydrogen-bond donors (Lipinski definition) is 9. The van der Waals surface area contributed by atoms with Crippen LogP contribution in [0.1, 0.15) is 41.5 Å². The first kappa shape index (κ1) is 37.3. The number of anilines is 2. The smallest absolute Gasteiger partial charge is 0.324 e. The second-order valence-electron chi connectivity index (χ2n) is 14.5. The molecule has 18 nitrogen and oxygen atoms in total. The zero-order valence-electron chi connectivity index (χ0n) is 30.6. The molecule has 5 atom stereocenters. The number of rotatable bonds is 11. The van der Waals surface area contributed by atoms with Crippen LogP contribution in [0.2, 0.25) is 0 Å². The van der Waals surface area contributed by atoms with Gasteiger partial charge in [0.05, 0.1) is 25.0 Å². The van der Waals surface area contributed by atoms with Gasteiger partial charge in [0.15, 0.2) is 17.0 Å². The van der Waals surface area contributed by atoms with Gasteiger partial charge < -0.3 is 56.3 Å². The highest BCUT2D eigenvalue weighted by Crippen LogP contribution is 2.38. The Kier molecular flexibility index (Phi) is 10.1. The van der Waals surface area contributed by atoms with Crippen molar-refractivity contribution in [1.29, 1.82) is 0 Å². The minimum atomic E-state index is -1.42. The fourth-order valence-electron chi connectivity index (χ4n) is 7.89. The number of hydrogen-bond acceptors (Lipinski definition) is 13. The number of benzene rings is 3. The molecule has 3 aliphatic rings. The molecule has 3 fully saturated rings. The molecule has 5 aromatic rings. The molecule has 2 aliphatic heterocycles. The average Bonchev–Trinajstić information content (AvgIpc) is 3.99. The van der Waals surface area contributed by atoms with Crippen LogP contribution < -0.4 is 26.2 Å². The van der Waals surface area contributed by atoms with Gasteiger partial charge in [0.25, 0.3) is 0 Å². The van der Waals surface area contributed by atoms with E-state index >= 15 is 0 Å². The topological polar surface area (TPSA) is 251 Å². The Balaban J connectivity index is 1.09. The largest absolute Gasteiger partial charge is 0.508 e. The highest BCUT2D eigenvalue weighted by atomic mass is 16.3. The molecular weight excluding hydrogens is 736 g/mol. The van der Waals surface area contributed by atoms with Crippen LogP contribution in [-0.2, 0) is 11.3 Å². The maximum absolute atomic E-state index is 12.8. The number of urea groups is 2. The van der Waals surface area contributed by atoms with E-state index < -0.39 is 36.2 Å². The third-order valence-corrected chi connectivity index (χ3v) is 10.8. The Morgan fingerprint density at radius 1 is 0.895 bits per heavy atom. The summed E-state index contributed by atoms with van der Waals surface area (Å²) in [6, 6.07) is 17.3. The van der Waals surface area contributed by atoms with Gasteiger partial charge in [0.2, 0.25) is 11.9 Å². The predicted octanol–water partition coefficient (Wildman–Crippen LogP) is 1.85. The third kappa shape index (κ3) is 7.64. The summed E-state index contributed by atoms with van der Waals surface area (Å²) in [6.45, 7) is 1.21. The van der Waals surface area contributed by atoms with Crippen molar-refractivity contribution in [2.75, 3.05) is 36.4 Å². The zero-order chi connectivity index (χ0) is 39.8. The third-order valence-electron chi connectivity index (χ3n) is 10.8. The summed E-state index contributed by atoms with van der Waals surface area (Å²) in [5, 5.41) is 63.9. The number of aromatic nitrogens is 4. The lowest BCUT2D eigenvalue weighted by Crippen LogP contribution is -2.46. The van der Waals surface area contributed by atoms with Crippen LogP contribution in [-0.4, -0.2) is 118 Å². The van der Waals surface area contributed by atoms with E-state index in [4.69, 9.17) is 9.97 Å². The summed E-state index contributed by atoms with van der Waals surface area (Å²) in [6.07, 6.45) is -0.651. The van der Waals surface area contributed by atoms with Gasteiger partial charge in [-0.3, -0.25) is 9.69 Å². The maximum Gasteiger partial charge on any atom is 0.324 e. The van der Waals surface area contributed by atoms with E-state index in [0.29, 0.717) is 49.0 Å². The number of aliphatic hydroxyl groups excluding tert-OH is 2. The number of imide groups is 1. The number of nitrogens with zero attached hydrogens (tertiary/aromatic N) is 6. The molecule has 1 aliphatic carbocycles. The maximum atomic E-state index is 12.8. The first-order valence-electron chi connectivity index (χ1n) is 18.6. The monoisotopic (exact) mass is 778 g/mol. The number of amides is 5. The molecule has 0 radical (unpaired) electrons. The van der Waals surface area contributed by atoms with Crippen molar-refractivity contribution in [3.63, 3.8) is 0 Å². The number of imidazole rings is 1. The number of carbonyl (C=O) groups is 3. The van der Waals surface area contributed by atoms with E-state index in [1.807, 2.05) is 29.2 Å². The Hall–Kier alpha value is -6.66. The Labute approximate surface area is 325 Å². The van der Waals surface area contributed by atoms with Gasteiger partial charge in [0.1, 0.15) is 29.5 Å². The quantitative estimate of drug-likeness (QED) is 0.0870. The number of fused-ring (bicyclic) bond motifs is 1. The molecule has 1 saturated carbocycles. The molecule has 1 unspecified atom stereocenters. The summed E-state index contributed by atoms with van der Waals surface area (Å²) in [5.74, 6) is 0.274. The molecule has 9 N–H and O–H groups in total. The van der Waals surface area contributed by atoms with Gasteiger partial charge in [-0.15, -0.1) is 0 Å². The molecular formula is C39H42N10O8. The average molecular weight is 779 g/mol. The van der Waals surface area contributed by atoms with Crippen LogP contribution >= 0.6 is 0 Å². The molecule has 4 heterocycles. The standard InChI is InChI=1S/C39H42N10O8/c50-25-8-4-22(5-9-25)28(23-6-10-26(51)11-7-23)17-40-35-32-36(48(20-43-32)29-15-30(34(55)33(29)54)49-31(53)18-42-39(49)57)46-37(45-35)47-13-12-24(19-47)44-38(56)41-16-21-2-1-3-27(52)14-21/h1-11,14,20,24,28-30,33-34,50-52,54-55H,12-13,15-19H2,(H,42,57)(H,40,45,46)(H2,41,44,56)/t24?,29-,30+,33+,34-/m1/s1. The number of phenolic OH excluding ortho intramolecular Hbond substituents is 3. The molecule has 18 heteroatoms. The highest BCUT2D eigenvalue weighted by Gasteiger charge is 2.50. The fraction of sp³-hybridized carbons (Fsp3) is 0.333. The number of aromatic hydroxyl groups is 3. The van der Waals surface area contributed by atoms with Crippen molar-refractivity contribution in [3.8, 4) is 17.2 Å². The lowest BCUT2D eigenvalue weighted by atomic mass is 9.91. The second kappa shape index (κ2) is 15.5. The summed E-state index contributed by atoms with van der Waals surface area (Å²) in [7, 11) is 0. The van der Waals surface area contributed by atoms with Gasteiger partial charge in [-0.2, -0.15) is 9.97 Å². The minimum Gasteiger partial charge on any atom is -0.508 e. The molecule has 3 aromatic carbocycles. The van der Waals surface area contributed by atoms with Crippen molar-refractivity contribution in [3.05, 3.63) is 95.8 Å². The van der Waals surface area contributed by atoms with Crippen molar-refractivity contribution < 1.29 is 39.9 Å². The van der Waals surface area contributed by atoms with Crippen LogP contribution in [0.4, 0.5) is 21.4 Å². The van der Waals surface area contributed by atoms with Gasteiger partial charge in [-0.05, 0) is 65.9 Å². The van der Waals surface area contributed by atoms with Crippen molar-refractivity contribution in [2.24, 2.45) is 0 Å². The lowest BCUT2D eigenvalue weighted by Gasteiger charge is -2.23. The van der Waals surface area contributed by atoms with Crippen molar-refractivity contribution in [1.82, 2.24) is 40.4 Å². The first-order valence-corrected chi connectivity index (χ1v) is 18.6. The Morgan fingerprint density at radius 2 is 1.60 bits per heavy atom. The van der Waals surface area contributed by atoms with Crippen LogP contribution in [0.15, 0.2) is 79.1 Å². The molecule has 0 spiro atoms. The molecule has 0 bridgehead atoms. The Morgan fingerprint density at radius 3 is 2.26 bits per heavy atom. The predicted molar refractivity (Wildman–Crippen MR) is 206 cm³/mol. The van der Waals surface area contributed by atoms with E-state index in [9.17, 15) is 39.9 Å². The number of phenols is 3. The van der Waals surface area contributed by atoms with Gasteiger partial charge in [-0.25, -0.2) is 14.6 Å². The van der Waals surface area contributed by atoms with Gasteiger partial charge in [0, 0.05) is 38.1 Å². The molecule has 8 rings (SSSR count). The summed E-state index contributed by atoms with van der Waals surface area (Å²) >= 11 is 0. The zero-order valence-corrected chi connectivity index (χ0v) is 30.6. The normalized spacial score (nSPS) is 22.1. The van der Waals surface area contributed by atoms with Crippen LogP contribution in [0, 0.1) is 0 Å². The molecule has 57 heavy (non-hydrogen) atoms. The van der Waals surface area contributed by atoms with Gasteiger partial charge in [-0.1, -0.05) is 36.4 Å². The molecule has 5 amide bonds. The second-order valence-corrected chi connectivity index (χ2v) is 14.5. The lowest BCUT2D eigenvalue weighted by molar-refractivity contribution is -0.128.